The molecule has 0 radical (unpaired) electrons. The van der Waals surface area contributed by atoms with Gasteiger partial charge in [-0.25, -0.2) is 17.6 Å². The molecule has 0 aliphatic heterocycles. The molecule has 112 valence electrons. The first-order valence-electron chi connectivity index (χ1n) is 5.52. The minimum absolute atomic E-state index is 0.0441. The lowest BCUT2D eigenvalue weighted by molar-refractivity contribution is 0.0701. The number of aromatic carboxylic acids is 1. The number of nitrogens with one attached hydrogen (secondary N) is 1. The summed E-state index contributed by atoms with van der Waals surface area (Å²) in [4.78, 5) is 10.9. The number of aryl methyl sites for hydroxylation is 1. The summed E-state index contributed by atoms with van der Waals surface area (Å²) in [5, 5.41) is 8.94. The summed E-state index contributed by atoms with van der Waals surface area (Å²) in [6.07, 6.45) is 0. The number of carboxylic acids is 1. The largest absolute Gasteiger partial charge is 0.477 e. The fourth-order valence-corrected chi connectivity index (χ4v) is 4.24. The highest BCUT2D eigenvalue weighted by atomic mass is 79.9. The molecule has 2 N–H and O–H groups in total. The van der Waals surface area contributed by atoms with Crippen LogP contribution in [0.5, 0.6) is 0 Å². The molecule has 0 atom stereocenters. The molecule has 9 heteroatoms. The Morgan fingerprint density at radius 1 is 1.38 bits per heavy atom. The third-order valence-electron chi connectivity index (χ3n) is 2.53. The van der Waals surface area contributed by atoms with Crippen LogP contribution in [-0.4, -0.2) is 19.5 Å². The standard InChI is InChI=1S/C12H9BrFNO4S2/c1-6-4-10(20-11(6)12(16)17)21(18,19)15-7-2-3-8(13)9(14)5-7/h2-5,15H,1H3,(H,16,17). The van der Waals surface area contributed by atoms with E-state index < -0.39 is 21.8 Å². The summed E-state index contributed by atoms with van der Waals surface area (Å²) >= 11 is 3.62. The van der Waals surface area contributed by atoms with E-state index in [2.05, 4.69) is 20.7 Å². The first kappa shape index (κ1) is 15.9. The van der Waals surface area contributed by atoms with Gasteiger partial charge in [0, 0.05) is 0 Å². The normalized spacial score (nSPS) is 11.4. The molecule has 1 aromatic heterocycles. The van der Waals surface area contributed by atoms with Crippen molar-refractivity contribution < 1.29 is 22.7 Å². The second kappa shape index (κ2) is 5.74. The minimum atomic E-state index is -3.95. The Hall–Kier alpha value is -1.45. The number of halogens is 2. The van der Waals surface area contributed by atoms with E-state index >= 15 is 0 Å². The van der Waals surface area contributed by atoms with Crippen LogP contribution in [0.2, 0.25) is 0 Å². The number of carbonyl (C=O) groups is 1. The van der Waals surface area contributed by atoms with Crippen LogP contribution >= 0.6 is 27.3 Å². The maximum absolute atomic E-state index is 13.4. The highest BCUT2D eigenvalue weighted by molar-refractivity contribution is 9.10. The highest BCUT2D eigenvalue weighted by Gasteiger charge is 2.22. The van der Waals surface area contributed by atoms with Gasteiger partial charge in [-0.15, -0.1) is 11.3 Å². The summed E-state index contributed by atoms with van der Waals surface area (Å²) in [7, 11) is -3.95. The van der Waals surface area contributed by atoms with Crippen molar-refractivity contribution in [2.75, 3.05) is 4.72 Å². The Balaban J connectivity index is 2.36. The van der Waals surface area contributed by atoms with Crippen molar-refractivity contribution in [2.45, 2.75) is 11.1 Å². The topological polar surface area (TPSA) is 83.5 Å². The van der Waals surface area contributed by atoms with Crippen LogP contribution in [0, 0.1) is 12.7 Å². The summed E-state index contributed by atoms with van der Waals surface area (Å²) < 4.78 is 40.0. The average Bonchev–Trinajstić information content (AvgIpc) is 2.77. The van der Waals surface area contributed by atoms with Crippen LogP contribution in [-0.2, 0) is 10.0 Å². The molecule has 0 fully saturated rings. The lowest BCUT2D eigenvalue weighted by Crippen LogP contribution is -2.11. The summed E-state index contributed by atoms with van der Waals surface area (Å²) in [5.74, 6) is -1.79. The molecule has 0 spiro atoms. The van der Waals surface area contributed by atoms with Gasteiger partial charge in [-0.05, 0) is 52.7 Å². The lowest BCUT2D eigenvalue weighted by Gasteiger charge is -2.06. The number of hydrogen-bond donors (Lipinski definition) is 2. The maximum Gasteiger partial charge on any atom is 0.346 e. The van der Waals surface area contributed by atoms with Gasteiger partial charge in [-0.3, -0.25) is 4.72 Å². The third-order valence-corrected chi connectivity index (χ3v) is 6.25. The van der Waals surface area contributed by atoms with E-state index in [0.29, 0.717) is 16.9 Å². The quantitative estimate of drug-likeness (QED) is 0.832. The second-order valence-electron chi connectivity index (χ2n) is 4.12. The zero-order chi connectivity index (χ0) is 15.8. The fourth-order valence-electron chi connectivity index (χ4n) is 1.56. The van der Waals surface area contributed by atoms with Gasteiger partial charge < -0.3 is 5.11 Å². The molecule has 21 heavy (non-hydrogen) atoms. The van der Waals surface area contributed by atoms with E-state index in [-0.39, 0.29) is 19.2 Å². The van der Waals surface area contributed by atoms with Gasteiger partial charge in [0.2, 0.25) is 0 Å². The zero-order valence-corrected chi connectivity index (χ0v) is 13.8. The number of benzene rings is 1. The van der Waals surface area contributed by atoms with Gasteiger partial charge in [-0.2, -0.15) is 0 Å². The van der Waals surface area contributed by atoms with Crippen molar-refractivity contribution in [3.63, 3.8) is 0 Å². The van der Waals surface area contributed by atoms with Crippen LogP contribution in [0.3, 0.4) is 0 Å². The van der Waals surface area contributed by atoms with Gasteiger partial charge in [0.1, 0.15) is 14.9 Å². The maximum atomic E-state index is 13.4. The molecule has 0 unspecified atom stereocenters. The molecular weight excluding hydrogens is 385 g/mol. The summed E-state index contributed by atoms with van der Waals surface area (Å²) in [6.45, 7) is 1.51. The van der Waals surface area contributed by atoms with E-state index in [0.717, 1.165) is 6.07 Å². The molecule has 5 nitrogen and oxygen atoms in total. The Morgan fingerprint density at radius 3 is 2.57 bits per heavy atom. The van der Waals surface area contributed by atoms with Gasteiger partial charge in [0.15, 0.2) is 0 Å². The molecule has 1 heterocycles. The van der Waals surface area contributed by atoms with Gasteiger partial charge in [0.05, 0.1) is 10.2 Å². The fraction of sp³-hybridized carbons (Fsp3) is 0.0833. The van der Waals surface area contributed by atoms with Crippen molar-refractivity contribution in [3.05, 3.63) is 45.0 Å². The molecule has 0 saturated carbocycles. The predicted octanol–water partition coefficient (Wildman–Crippen LogP) is 3.46. The number of anilines is 1. The third kappa shape index (κ3) is 3.42. The van der Waals surface area contributed by atoms with E-state index in [1.165, 1.54) is 25.1 Å². The van der Waals surface area contributed by atoms with Crippen LogP contribution in [0.1, 0.15) is 15.2 Å². The van der Waals surface area contributed by atoms with E-state index in [1.807, 2.05) is 0 Å². The Kier molecular flexibility index (Phi) is 4.35. The molecule has 0 saturated heterocycles. The lowest BCUT2D eigenvalue weighted by atomic mass is 10.3. The van der Waals surface area contributed by atoms with E-state index in [9.17, 15) is 17.6 Å². The number of hydrogen-bond acceptors (Lipinski definition) is 4. The van der Waals surface area contributed by atoms with Crippen LogP contribution in [0.25, 0.3) is 0 Å². The number of thiophene rings is 1. The molecule has 2 aromatic rings. The van der Waals surface area contributed by atoms with Crippen LogP contribution in [0.4, 0.5) is 10.1 Å². The number of carboxylic acid groups (broad SMARTS) is 1. The first-order valence-corrected chi connectivity index (χ1v) is 8.61. The predicted molar refractivity (Wildman–Crippen MR) is 80.9 cm³/mol. The smallest absolute Gasteiger partial charge is 0.346 e. The molecular formula is C12H9BrFNO4S2. The summed E-state index contributed by atoms with van der Waals surface area (Å²) in [6, 6.07) is 5.06. The Labute approximate surface area is 132 Å². The zero-order valence-electron chi connectivity index (χ0n) is 10.6. The van der Waals surface area contributed by atoms with Crippen LogP contribution in [0.15, 0.2) is 32.9 Å². The van der Waals surface area contributed by atoms with E-state index in [4.69, 9.17) is 5.11 Å². The average molecular weight is 394 g/mol. The number of rotatable bonds is 4. The molecule has 0 amide bonds. The number of sulfonamides is 1. The second-order valence-corrected chi connectivity index (χ2v) is 7.93. The molecule has 0 aliphatic carbocycles. The highest BCUT2D eigenvalue weighted by Crippen LogP contribution is 2.28. The van der Waals surface area contributed by atoms with Crippen molar-refractivity contribution in [1.29, 1.82) is 0 Å². The van der Waals surface area contributed by atoms with E-state index in [1.54, 1.807) is 0 Å². The van der Waals surface area contributed by atoms with Crippen LogP contribution < -0.4 is 4.72 Å². The molecule has 1 aromatic carbocycles. The minimum Gasteiger partial charge on any atom is -0.477 e. The monoisotopic (exact) mass is 393 g/mol. The summed E-state index contributed by atoms with van der Waals surface area (Å²) in [5.41, 5.74) is 0.411. The van der Waals surface area contributed by atoms with Gasteiger partial charge >= 0.3 is 5.97 Å². The molecule has 0 bridgehead atoms. The Morgan fingerprint density at radius 2 is 2.05 bits per heavy atom. The molecule has 0 aliphatic rings. The van der Waals surface area contributed by atoms with Crippen molar-refractivity contribution >= 4 is 48.9 Å². The van der Waals surface area contributed by atoms with Crippen molar-refractivity contribution in [3.8, 4) is 0 Å². The van der Waals surface area contributed by atoms with Crippen molar-refractivity contribution in [2.24, 2.45) is 0 Å². The van der Waals surface area contributed by atoms with Crippen molar-refractivity contribution in [1.82, 2.24) is 0 Å². The van der Waals surface area contributed by atoms with Gasteiger partial charge in [-0.1, -0.05) is 0 Å². The van der Waals surface area contributed by atoms with Gasteiger partial charge in [0.25, 0.3) is 10.0 Å². The first-order chi connectivity index (χ1) is 9.70. The SMILES string of the molecule is Cc1cc(S(=O)(=O)Nc2ccc(Br)c(F)c2)sc1C(=O)O. The Bertz CT molecular complexity index is 817. The molecule has 2 rings (SSSR count).